The average Bonchev–Trinajstić information content (AvgIpc) is 1.77. The van der Waals surface area contributed by atoms with Crippen LogP contribution in [0.5, 0.6) is 0 Å². The molecule has 0 aromatic heterocycles. The van der Waals surface area contributed by atoms with Gasteiger partial charge in [-0.25, -0.2) is 4.39 Å². The zero-order chi connectivity index (χ0) is 5.98. The Bertz CT molecular complexity index is 172. The maximum absolute atomic E-state index is 11.9. The molecule has 50 valence electrons. The normalized spacial score (nSPS) is 7.40. The monoisotopic (exact) mass is 212 g/mol. The van der Waals surface area contributed by atoms with E-state index in [0.29, 0.717) is 0 Å². The van der Waals surface area contributed by atoms with Crippen LogP contribution in [0.2, 0.25) is 0 Å². The minimum absolute atomic E-state index is 0. The molecule has 0 heterocycles. The number of hydrogen-bond donors (Lipinski definition) is 0. The van der Waals surface area contributed by atoms with Crippen molar-refractivity contribution in [3.8, 4) is 0 Å². The van der Waals surface area contributed by atoms with E-state index in [1.165, 1.54) is 6.07 Å². The van der Waals surface area contributed by atoms with E-state index in [0.717, 1.165) is 12.1 Å². The summed E-state index contributed by atoms with van der Waals surface area (Å²) in [5, 5.41) is 0. The molecule has 0 amide bonds. The Morgan fingerprint density at radius 2 is 1.80 bits per heavy atom. The molecule has 0 aliphatic carbocycles. The predicted molar refractivity (Wildman–Crippen MR) is 25.2 cm³/mol. The van der Waals surface area contributed by atoms with Gasteiger partial charge >= 0.3 is 19.5 Å². The van der Waals surface area contributed by atoms with Crippen molar-refractivity contribution in [2.24, 2.45) is 0 Å². The second-order valence-corrected chi connectivity index (χ2v) is 1.34. The molecule has 4 heteroatoms. The molecule has 10 heavy (non-hydrogen) atoms. The summed E-state index contributed by atoms with van der Waals surface area (Å²) in [7, 11) is 0. The molecule has 0 saturated heterocycles. The molecular formula is C6H3ClF2Zn. The van der Waals surface area contributed by atoms with Crippen molar-refractivity contribution in [3.05, 3.63) is 35.9 Å². The fraction of sp³-hybridized carbons (Fsp3) is 0. The van der Waals surface area contributed by atoms with Crippen molar-refractivity contribution in [1.29, 1.82) is 0 Å². The Morgan fingerprint density at radius 3 is 2.10 bits per heavy atom. The van der Waals surface area contributed by atoms with Crippen LogP contribution in [0.3, 0.4) is 0 Å². The Balaban J connectivity index is 0. The zero-order valence-electron chi connectivity index (χ0n) is 5.07. The standard InChI is InChI=1S/C6H3F2.ClH.Zn/c7-5-3-1-2-4-6(5)8;;/h1,3-4H;1H;/q-1;;+2/p-1. The van der Waals surface area contributed by atoms with Gasteiger partial charge in [0.05, 0.1) is 0 Å². The fourth-order valence-electron chi connectivity index (χ4n) is 0.391. The Morgan fingerprint density at radius 1 is 1.20 bits per heavy atom. The molecule has 0 atom stereocenters. The molecule has 0 aliphatic heterocycles. The average molecular weight is 214 g/mol. The first-order valence-electron chi connectivity index (χ1n) is 2.12. The van der Waals surface area contributed by atoms with Gasteiger partial charge in [-0.2, -0.15) is 12.1 Å². The Labute approximate surface area is 76.8 Å². The van der Waals surface area contributed by atoms with Gasteiger partial charge in [0.1, 0.15) is 0 Å². The summed E-state index contributed by atoms with van der Waals surface area (Å²) in [5.41, 5.74) is 0. The van der Waals surface area contributed by atoms with E-state index >= 15 is 0 Å². The van der Waals surface area contributed by atoms with Crippen molar-refractivity contribution in [3.63, 3.8) is 0 Å². The zero-order valence-corrected chi connectivity index (χ0v) is 8.80. The van der Waals surface area contributed by atoms with E-state index in [2.05, 4.69) is 6.07 Å². The summed E-state index contributed by atoms with van der Waals surface area (Å²) >= 11 is 0. The molecule has 0 bridgehead atoms. The van der Waals surface area contributed by atoms with Crippen LogP contribution in [-0.2, 0) is 19.5 Å². The van der Waals surface area contributed by atoms with Crippen LogP contribution in [0.15, 0.2) is 18.2 Å². The first-order chi connectivity index (χ1) is 3.80. The van der Waals surface area contributed by atoms with Gasteiger partial charge in [-0.05, 0) is 0 Å². The van der Waals surface area contributed by atoms with Crippen LogP contribution in [0, 0.1) is 17.7 Å². The van der Waals surface area contributed by atoms with Gasteiger partial charge in [-0.1, -0.05) is 0 Å². The number of benzene rings is 1. The van der Waals surface area contributed by atoms with Crippen molar-refractivity contribution < 1.29 is 40.7 Å². The SMILES string of the molecule is Fc1c[c-]ccc1F.[Cl-].[Zn+2]. The summed E-state index contributed by atoms with van der Waals surface area (Å²) in [6.45, 7) is 0. The molecule has 0 nitrogen and oxygen atoms in total. The van der Waals surface area contributed by atoms with Gasteiger partial charge in [0, 0.05) is 11.6 Å². The molecule has 0 spiro atoms. The minimum Gasteiger partial charge on any atom is -1.00 e. The predicted octanol–water partition coefficient (Wildman–Crippen LogP) is -1.23. The first-order valence-corrected chi connectivity index (χ1v) is 2.12. The third kappa shape index (κ3) is 3.23. The molecule has 0 N–H and O–H groups in total. The Kier molecular flexibility index (Phi) is 7.28. The summed E-state index contributed by atoms with van der Waals surface area (Å²) in [5.74, 6) is -1.68. The maximum Gasteiger partial charge on any atom is 2.00 e. The maximum atomic E-state index is 11.9. The fourth-order valence-corrected chi connectivity index (χ4v) is 0.391. The quantitative estimate of drug-likeness (QED) is 0.374. The molecular weight excluding hydrogens is 211 g/mol. The van der Waals surface area contributed by atoms with Gasteiger partial charge < -0.3 is 12.4 Å². The van der Waals surface area contributed by atoms with Crippen molar-refractivity contribution in [2.45, 2.75) is 0 Å². The summed E-state index contributed by atoms with van der Waals surface area (Å²) < 4.78 is 23.8. The largest absolute Gasteiger partial charge is 2.00 e. The minimum atomic E-state index is -0.854. The van der Waals surface area contributed by atoms with E-state index in [9.17, 15) is 8.78 Å². The third-order valence-electron chi connectivity index (χ3n) is 0.764. The number of halogens is 3. The Hall–Kier alpha value is -0.00662. The molecule has 1 aromatic rings. The molecule has 0 aliphatic rings. The molecule has 0 fully saturated rings. The van der Waals surface area contributed by atoms with Crippen molar-refractivity contribution in [1.82, 2.24) is 0 Å². The van der Waals surface area contributed by atoms with Crippen LogP contribution in [0.25, 0.3) is 0 Å². The van der Waals surface area contributed by atoms with E-state index in [1.54, 1.807) is 0 Å². The summed E-state index contributed by atoms with van der Waals surface area (Å²) in [6, 6.07) is 5.68. The smallest absolute Gasteiger partial charge is 1.00 e. The van der Waals surface area contributed by atoms with Crippen LogP contribution in [0.4, 0.5) is 8.78 Å². The topological polar surface area (TPSA) is 0 Å². The second-order valence-electron chi connectivity index (χ2n) is 1.34. The van der Waals surface area contributed by atoms with Crippen LogP contribution < -0.4 is 12.4 Å². The van der Waals surface area contributed by atoms with Gasteiger partial charge in [-0.15, -0.1) is 12.1 Å². The van der Waals surface area contributed by atoms with Crippen LogP contribution in [-0.4, -0.2) is 0 Å². The number of rotatable bonds is 0. The van der Waals surface area contributed by atoms with Crippen LogP contribution in [0.1, 0.15) is 0 Å². The third-order valence-corrected chi connectivity index (χ3v) is 0.764. The van der Waals surface area contributed by atoms with Gasteiger partial charge in [0.25, 0.3) is 0 Å². The van der Waals surface area contributed by atoms with Gasteiger partial charge in [0.2, 0.25) is 0 Å². The first kappa shape index (κ1) is 12.7. The van der Waals surface area contributed by atoms with E-state index < -0.39 is 11.6 Å². The second kappa shape index (κ2) is 5.75. The van der Waals surface area contributed by atoms with E-state index in [1.807, 2.05) is 0 Å². The number of hydrogen-bond acceptors (Lipinski definition) is 0. The van der Waals surface area contributed by atoms with E-state index in [-0.39, 0.29) is 31.9 Å². The van der Waals surface area contributed by atoms with Crippen molar-refractivity contribution in [2.75, 3.05) is 0 Å². The van der Waals surface area contributed by atoms with Gasteiger partial charge in [-0.3, -0.25) is 4.39 Å². The van der Waals surface area contributed by atoms with Crippen molar-refractivity contribution >= 4 is 0 Å². The summed E-state index contributed by atoms with van der Waals surface area (Å²) in [6.07, 6.45) is 0. The molecule has 0 radical (unpaired) electrons. The molecule has 0 saturated carbocycles. The molecule has 1 rings (SSSR count). The van der Waals surface area contributed by atoms with Crippen LogP contribution >= 0.6 is 0 Å². The molecule has 1 aromatic carbocycles. The van der Waals surface area contributed by atoms with Gasteiger partial charge in [0.15, 0.2) is 0 Å². The van der Waals surface area contributed by atoms with E-state index in [4.69, 9.17) is 0 Å². The molecule has 0 unspecified atom stereocenters. The summed E-state index contributed by atoms with van der Waals surface area (Å²) in [4.78, 5) is 0.